The normalized spacial score (nSPS) is 23.0. The lowest BCUT2D eigenvalue weighted by Crippen LogP contribution is -2.39. The maximum atomic E-state index is 6.07. The van der Waals surface area contributed by atoms with E-state index in [1.165, 1.54) is 0 Å². The minimum Gasteiger partial charge on any atom is -0.497 e. The highest BCUT2D eigenvalue weighted by molar-refractivity contribution is 6.57. The van der Waals surface area contributed by atoms with E-state index >= 15 is 0 Å². The van der Waals surface area contributed by atoms with Gasteiger partial charge in [0.1, 0.15) is 6.61 Å². The summed E-state index contributed by atoms with van der Waals surface area (Å²) in [5.41, 5.74) is 11.6. The Morgan fingerprint density at radius 1 is 1.18 bits per heavy atom. The molecule has 0 saturated heterocycles. The second-order valence-corrected chi connectivity index (χ2v) is 5.33. The monoisotopic (exact) mass is 317 g/mol. The van der Waals surface area contributed by atoms with Crippen LogP contribution in [0.3, 0.4) is 0 Å². The van der Waals surface area contributed by atoms with Crippen molar-refractivity contribution in [2.24, 2.45) is 5.73 Å². The molecule has 2 N–H and O–H groups in total. The van der Waals surface area contributed by atoms with E-state index in [0.29, 0.717) is 19.8 Å². The van der Waals surface area contributed by atoms with Gasteiger partial charge in [0.15, 0.2) is 0 Å². The summed E-state index contributed by atoms with van der Waals surface area (Å²) in [6, 6.07) is 10.2. The Hall–Kier alpha value is -1.53. The zero-order valence-corrected chi connectivity index (χ0v) is 12.8. The van der Waals surface area contributed by atoms with E-state index in [2.05, 4.69) is 12.1 Å². The number of rotatable bonds is 2. The lowest BCUT2D eigenvalue weighted by molar-refractivity contribution is 0.188. The molecule has 0 fully saturated rings. The Bertz CT molecular complexity index is 657. The molecule has 3 heterocycles. The van der Waals surface area contributed by atoms with E-state index in [-0.39, 0.29) is 25.6 Å². The number of halogens is 1. The van der Waals surface area contributed by atoms with Crippen molar-refractivity contribution < 1.29 is 14.0 Å². The van der Waals surface area contributed by atoms with Crippen molar-refractivity contribution in [2.75, 3.05) is 19.8 Å². The van der Waals surface area contributed by atoms with Crippen LogP contribution in [0.15, 0.2) is 59.3 Å². The van der Waals surface area contributed by atoms with Crippen LogP contribution in [0, 0.1) is 0 Å². The second-order valence-electron chi connectivity index (χ2n) is 5.33. The van der Waals surface area contributed by atoms with Crippen molar-refractivity contribution >= 4 is 25.1 Å². The first-order valence-corrected chi connectivity index (χ1v) is 7.15. The minimum absolute atomic E-state index is 0. The van der Waals surface area contributed by atoms with Gasteiger partial charge in [0.2, 0.25) is 0 Å². The first-order chi connectivity index (χ1) is 10.4. The van der Waals surface area contributed by atoms with Gasteiger partial charge in [0.25, 0.3) is 0 Å². The van der Waals surface area contributed by atoms with Crippen molar-refractivity contribution in [3.05, 3.63) is 64.9 Å². The van der Waals surface area contributed by atoms with E-state index in [0.717, 1.165) is 27.8 Å². The van der Waals surface area contributed by atoms with E-state index in [1.54, 1.807) is 6.26 Å². The predicted molar refractivity (Wildman–Crippen MR) is 88.4 cm³/mol. The van der Waals surface area contributed by atoms with Crippen LogP contribution in [0.4, 0.5) is 0 Å². The van der Waals surface area contributed by atoms with Gasteiger partial charge in [0.05, 0.1) is 19.0 Å². The molecular weight excluding hydrogens is 300 g/mol. The summed E-state index contributed by atoms with van der Waals surface area (Å²) < 4.78 is 17.3. The Kier molecular flexibility index (Phi) is 4.40. The molecule has 6 heteroatoms. The fraction of sp³-hybridized carbons (Fsp3) is 0.250. The van der Waals surface area contributed by atoms with Crippen LogP contribution in [0.5, 0.6) is 0 Å². The van der Waals surface area contributed by atoms with E-state index in [4.69, 9.17) is 19.8 Å². The van der Waals surface area contributed by atoms with Crippen LogP contribution < -0.4 is 5.73 Å². The van der Waals surface area contributed by atoms with Crippen molar-refractivity contribution in [1.82, 2.24) is 0 Å². The van der Waals surface area contributed by atoms with Crippen LogP contribution in [0.1, 0.15) is 5.56 Å². The summed E-state index contributed by atoms with van der Waals surface area (Å²) in [5, 5.41) is 0. The van der Waals surface area contributed by atoms with E-state index < -0.39 is 0 Å². The Morgan fingerprint density at radius 3 is 2.77 bits per heavy atom. The number of hydrogen-bond donors (Lipinski definition) is 1. The maximum Gasteiger partial charge on any atom is 0.495 e. The third kappa shape index (κ3) is 2.40. The molecule has 0 amide bonds. The zero-order chi connectivity index (χ0) is 14.2. The van der Waals surface area contributed by atoms with Gasteiger partial charge in [-0.25, -0.2) is 0 Å². The van der Waals surface area contributed by atoms with Gasteiger partial charge in [-0.3, -0.25) is 0 Å². The van der Waals surface area contributed by atoms with Gasteiger partial charge in [0, 0.05) is 6.54 Å². The topological polar surface area (TPSA) is 53.7 Å². The summed E-state index contributed by atoms with van der Waals surface area (Å²) in [4.78, 5) is 0. The molecule has 0 saturated carbocycles. The van der Waals surface area contributed by atoms with Crippen LogP contribution in [-0.2, 0) is 14.0 Å². The summed E-state index contributed by atoms with van der Waals surface area (Å²) in [6.07, 6.45) is 3.60. The first-order valence-electron chi connectivity index (χ1n) is 7.15. The molecule has 0 spiro atoms. The molecule has 4 rings (SSSR count). The third-order valence-electron chi connectivity index (χ3n) is 4.10. The summed E-state index contributed by atoms with van der Waals surface area (Å²) >= 11 is 0. The fourth-order valence-electron chi connectivity index (χ4n) is 3.16. The first kappa shape index (κ1) is 15.4. The van der Waals surface area contributed by atoms with E-state index in [1.807, 2.05) is 24.3 Å². The van der Waals surface area contributed by atoms with E-state index in [9.17, 15) is 0 Å². The van der Waals surface area contributed by atoms with Gasteiger partial charge >= 0.3 is 7.12 Å². The molecule has 114 valence electrons. The van der Waals surface area contributed by atoms with Crippen molar-refractivity contribution in [1.29, 1.82) is 0 Å². The quantitative estimate of drug-likeness (QED) is 0.849. The third-order valence-corrected chi connectivity index (χ3v) is 4.10. The molecule has 3 aliphatic rings. The number of ether oxygens (including phenoxy) is 1. The summed E-state index contributed by atoms with van der Waals surface area (Å²) in [7, 11) is -0.317. The minimum atomic E-state index is -0.317. The van der Waals surface area contributed by atoms with Crippen LogP contribution in [0.2, 0.25) is 0 Å². The largest absolute Gasteiger partial charge is 0.497 e. The Labute approximate surface area is 136 Å². The van der Waals surface area contributed by atoms with Crippen molar-refractivity contribution in [2.45, 2.75) is 6.10 Å². The molecular formula is C16H17BClNO3. The highest BCUT2D eigenvalue weighted by Gasteiger charge is 2.43. The lowest BCUT2D eigenvalue weighted by Gasteiger charge is -2.30. The molecule has 0 radical (unpaired) electrons. The van der Waals surface area contributed by atoms with Gasteiger partial charge < -0.3 is 19.8 Å². The maximum absolute atomic E-state index is 6.07. The second kappa shape index (κ2) is 6.30. The summed E-state index contributed by atoms with van der Waals surface area (Å²) in [5.74, 6) is 0. The number of benzene rings is 1. The smallest absolute Gasteiger partial charge is 0.495 e. The lowest BCUT2D eigenvalue weighted by atomic mass is 9.68. The number of hydrogen-bond acceptors (Lipinski definition) is 4. The SMILES string of the molecule is Cl.NC[C@H]1OB2OCC3=C2C(=C1c1ccccc1)C=COC3. The highest BCUT2D eigenvalue weighted by Crippen LogP contribution is 2.40. The molecule has 0 unspecified atom stereocenters. The predicted octanol–water partition coefficient (Wildman–Crippen LogP) is 2.12. The number of nitrogens with two attached hydrogens (primary N) is 1. The molecule has 4 nitrogen and oxygen atoms in total. The van der Waals surface area contributed by atoms with Gasteiger partial charge in [-0.15, -0.1) is 12.4 Å². The molecule has 1 atom stereocenters. The molecule has 3 aliphatic heterocycles. The summed E-state index contributed by atoms with van der Waals surface area (Å²) in [6.45, 7) is 1.54. The molecule has 0 aromatic heterocycles. The Balaban J connectivity index is 0.00000144. The molecule has 1 aromatic carbocycles. The van der Waals surface area contributed by atoms with Crippen molar-refractivity contribution in [3.63, 3.8) is 0 Å². The molecule has 0 aliphatic carbocycles. The van der Waals surface area contributed by atoms with Gasteiger partial charge in [-0.1, -0.05) is 30.3 Å². The van der Waals surface area contributed by atoms with Gasteiger partial charge in [-0.05, 0) is 33.8 Å². The molecule has 0 bridgehead atoms. The highest BCUT2D eigenvalue weighted by atomic mass is 35.5. The van der Waals surface area contributed by atoms with Crippen LogP contribution in [-0.4, -0.2) is 33.0 Å². The average Bonchev–Trinajstić information content (AvgIpc) is 2.81. The molecule has 1 aromatic rings. The molecule has 22 heavy (non-hydrogen) atoms. The average molecular weight is 318 g/mol. The van der Waals surface area contributed by atoms with Crippen molar-refractivity contribution in [3.8, 4) is 0 Å². The fourth-order valence-corrected chi connectivity index (χ4v) is 3.16. The standard InChI is InChI=1S/C16H16BNO3.ClH/c18-8-14-15(11-4-2-1-3-5-11)13-6-7-19-9-12-10-20-17(21-14)16(12)13;/h1-7,14H,8-10,18H2;1H/t14-;/m1./s1. The Morgan fingerprint density at radius 2 is 2.00 bits per heavy atom. The zero-order valence-electron chi connectivity index (χ0n) is 12.0. The van der Waals surface area contributed by atoms with Crippen LogP contribution in [0.25, 0.3) is 5.57 Å². The van der Waals surface area contributed by atoms with Crippen LogP contribution >= 0.6 is 12.4 Å². The van der Waals surface area contributed by atoms with Gasteiger partial charge in [-0.2, -0.15) is 0 Å². The number of allylic oxidation sites excluding steroid dienone is 3.